The highest BCUT2D eigenvalue weighted by molar-refractivity contribution is 7.27. The summed E-state index contributed by atoms with van der Waals surface area (Å²) in [6, 6.07) is 72.0. The van der Waals surface area contributed by atoms with Crippen molar-refractivity contribution in [1.29, 1.82) is 0 Å². The highest BCUT2D eigenvalue weighted by atomic mass is 32.1. The molecule has 4 heterocycles. The Morgan fingerprint density at radius 1 is 0.308 bits per heavy atom. The van der Waals surface area contributed by atoms with Gasteiger partial charge in [0, 0.05) is 95.8 Å². The quantitative estimate of drug-likeness (QED) is 0.166. The predicted octanol–water partition coefficient (Wildman–Crippen LogP) is 22.7. The second-order valence-electron chi connectivity index (χ2n) is 23.4. The summed E-state index contributed by atoms with van der Waals surface area (Å²) < 4.78 is 19.2. The van der Waals surface area contributed by atoms with Gasteiger partial charge in [-0.1, -0.05) is 151 Å². The van der Waals surface area contributed by atoms with Crippen molar-refractivity contribution >= 4 is 163 Å². The van der Waals surface area contributed by atoms with Crippen LogP contribution in [0.1, 0.15) is 63.8 Å². The van der Waals surface area contributed by atoms with Crippen molar-refractivity contribution < 1.29 is 8.83 Å². The van der Waals surface area contributed by atoms with Crippen molar-refractivity contribution in [1.82, 2.24) is 0 Å². The maximum Gasteiger partial charge on any atom is 0.159 e. The van der Waals surface area contributed by atoms with Crippen molar-refractivity contribution in [2.24, 2.45) is 0 Å². The minimum Gasteiger partial charge on any atom is -0.454 e. The Bertz CT molecular complexity index is 4680. The topological polar surface area (TPSA) is 32.8 Å². The molecule has 0 atom stereocenters. The van der Waals surface area contributed by atoms with E-state index in [9.17, 15) is 0 Å². The van der Waals surface area contributed by atoms with E-state index >= 15 is 0 Å². The van der Waals surface area contributed by atoms with Crippen LogP contribution in [0.25, 0.3) is 106 Å². The van der Waals surface area contributed by atoms with E-state index in [2.05, 4.69) is 259 Å². The summed E-state index contributed by atoms with van der Waals surface area (Å²) in [7, 11) is 0. The van der Waals surface area contributed by atoms with Crippen LogP contribution in [0, 0.1) is 13.8 Å². The maximum absolute atomic E-state index is 6.99. The number of fused-ring (bicyclic) bond motifs is 14. The van der Waals surface area contributed by atoms with Crippen molar-refractivity contribution in [2.75, 3.05) is 9.80 Å². The lowest BCUT2D eigenvalue weighted by Crippen LogP contribution is -2.11. The van der Waals surface area contributed by atoms with E-state index in [1.165, 1.54) is 84.1 Å². The summed E-state index contributed by atoms with van der Waals surface area (Å²) in [4.78, 5) is 4.78. The van der Waals surface area contributed by atoms with Gasteiger partial charge < -0.3 is 18.6 Å². The largest absolute Gasteiger partial charge is 0.454 e. The third kappa shape index (κ3) is 7.23. The van der Waals surface area contributed by atoms with Crippen molar-refractivity contribution in [3.8, 4) is 0 Å². The number of hydrogen-bond donors (Lipinski definition) is 0. The van der Waals surface area contributed by atoms with Crippen LogP contribution in [-0.2, 0) is 10.8 Å². The van der Waals surface area contributed by atoms with Gasteiger partial charge in [0.1, 0.15) is 11.2 Å². The van der Waals surface area contributed by atoms with Crippen LogP contribution in [0.15, 0.2) is 203 Å². The molecular weight excluding hydrogens is 989 g/mol. The monoisotopic (exact) mass is 1040 g/mol. The first-order valence-electron chi connectivity index (χ1n) is 27.0. The predicted molar refractivity (Wildman–Crippen MR) is 338 cm³/mol. The van der Waals surface area contributed by atoms with Crippen molar-refractivity contribution in [3.05, 3.63) is 216 Å². The fourth-order valence-corrected chi connectivity index (χ4v) is 14.7. The van der Waals surface area contributed by atoms with Crippen molar-refractivity contribution in [3.63, 3.8) is 0 Å². The third-order valence-electron chi connectivity index (χ3n) is 16.3. The molecule has 0 saturated carbocycles. The zero-order valence-electron chi connectivity index (χ0n) is 45.0. The van der Waals surface area contributed by atoms with E-state index in [0.29, 0.717) is 0 Å². The molecular formula is C72H56N2O2S2. The molecule has 0 spiro atoms. The van der Waals surface area contributed by atoms with E-state index in [1.807, 2.05) is 22.7 Å². The minimum absolute atomic E-state index is 0.0671. The van der Waals surface area contributed by atoms with E-state index in [-0.39, 0.29) is 10.8 Å². The van der Waals surface area contributed by atoms with E-state index in [4.69, 9.17) is 8.83 Å². The number of benzene rings is 11. The fourth-order valence-electron chi connectivity index (χ4n) is 12.4. The molecule has 0 aliphatic carbocycles. The highest BCUT2D eigenvalue weighted by Gasteiger charge is 2.27. The molecule has 0 fully saturated rings. The van der Waals surface area contributed by atoms with E-state index in [1.54, 1.807) is 0 Å². The van der Waals surface area contributed by atoms with E-state index in [0.717, 1.165) is 78.0 Å². The number of furan rings is 2. The molecule has 4 nitrogen and oxygen atoms in total. The summed E-state index contributed by atoms with van der Waals surface area (Å²) in [6.07, 6.45) is 0. The van der Waals surface area contributed by atoms with Gasteiger partial charge in [0.2, 0.25) is 0 Å². The molecule has 4 aromatic heterocycles. The Hall–Kier alpha value is -8.42. The first-order valence-corrected chi connectivity index (χ1v) is 28.7. The molecule has 0 bridgehead atoms. The van der Waals surface area contributed by atoms with Crippen molar-refractivity contribution in [2.45, 2.75) is 66.2 Å². The van der Waals surface area contributed by atoms with Gasteiger partial charge in [0.25, 0.3) is 0 Å². The van der Waals surface area contributed by atoms with Gasteiger partial charge in [-0.25, -0.2) is 0 Å². The molecule has 0 radical (unpaired) electrons. The van der Waals surface area contributed by atoms with Gasteiger partial charge in [-0.05, 0) is 142 Å². The molecule has 0 aliphatic heterocycles. The van der Waals surface area contributed by atoms with Gasteiger partial charge in [0.05, 0.1) is 11.4 Å². The second-order valence-corrected chi connectivity index (χ2v) is 25.6. The molecule has 0 amide bonds. The molecule has 6 heteroatoms. The SMILES string of the molecule is Cc1ccccc1N(c1ccc2cc3c(cc2c1)sc1cc2c(cc13)sc1cc3cc(N(c4ccccc4C)c4cccc5c4oc4c(C(C)(C)C)cccc45)ccc3cc12)c1cccc2c1oc1c(C(C)(C)C)cccc12. The molecule has 0 N–H and O–H groups in total. The summed E-state index contributed by atoms with van der Waals surface area (Å²) in [5.41, 5.74) is 14.9. The Balaban J connectivity index is 0.834. The van der Waals surface area contributed by atoms with Crippen LogP contribution in [-0.4, -0.2) is 0 Å². The van der Waals surface area contributed by atoms with E-state index < -0.39 is 0 Å². The lowest BCUT2D eigenvalue weighted by Gasteiger charge is -2.27. The zero-order chi connectivity index (χ0) is 52.9. The zero-order valence-corrected chi connectivity index (χ0v) is 46.6. The number of aryl methyl sites for hydroxylation is 2. The van der Waals surface area contributed by atoms with Gasteiger partial charge in [-0.3, -0.25) is 0 Å². The van der Waals surface area contributed by atoms with Crippen LogP contribution in [0.3, 0.4) is 0 Å². The fraction of sp³-hybridized carbons (Fsp3) is 0.139. The first-order chi connectivity index (χ1) is 37.7. The van der Waals surface area contributed by atoms with Gasteiger partial charge in [-0.15, -0.1) is 22.7 Å². The molecule has 15 rings (SSSR count). The van der Waals surface area contributed by atoms with Gasteiger partial charge in [0.15, 0.2) is 11.2 Å². The molecule has 0 aliphatic rings. The highest BCUT2D eigenvalue weighted by Crippen LogP contribution is 2.50. The number of anilines is 6. The summed E-state index contributed by atoms with van der Waals surface area (Å²) in [5.74, 6) is 0. The molecule has 378 valence electrons. The standard InChI is InChI=1S/C72H56N2O2S2/c1-41-17-9-11-25-59(41)73(61-27-15-21-51-49-19-13-23-57(71(3,4)5)67(49)75-69(51)61)47-31-29-43-35-53-55-39-66-56(40-65(55)77-63(53)37-45(43)33-47)54-36-44-30-32-48(34-46(44)38-64(54)78-66)74(60-26-12-10-18-42(60)2)62-28-16-22-52-50-20-14-24-58(72(6,7)8)68(50)76-70(52)62/h9-40H,1-8H3. The van der Waals surface area contributed by atoms with Gasteiger partial charge in [-0.2, -0.15) is 0 Å². The van der Waals surface area contributed by atoms with Crippen LogP contribution >= 0.6 is 22.7 Å². The Kier molecular flexibility index (Phi) is 10.2. The molecule has 78 heavy (non-hydrogen) atoms. The summed E-state index contributed by atoms with van der Waals surface area (Å²) >= 11 is 3.78. The first kappa shape index (κ1) is 46.8. The number of rotatable bonds is 6. The number of thiophene rings is 2. The second kappa shape index (κ2) is 17.0. The smallest absolute Gasteiger partial charge is 0.159 e. The Labute approximate surface area is 461 Å². The van der Waals surface area contributed by atoms with Gasteiger partial charge >= 0.3 is 0 Å². The third-order valence-corrected chi connectivity index (χ3v) is 18.5. The maximum atomic E-state index is 6.99. The van der Waals surface area contributed by atoms with Crippen LogP contribution in [0.2, 0.25) is 0 Å². The van der Waals surface area contributed by atoms with Crippen LogP contribution in [0.5, 0.6) is 0 Å². The summed E-state index contributed by atoms with van der Waals surface area (Å²) in [5, 5.41) is 14.6. The molecule has 0 unspecified atom stereocenters. The average molecular weight is 1050 g/mol. The number of nitrogens with zero attached hydrogens (tertiary/aromatic N) is 2. The normalized spacial score (nSPS) is 12.6. The molecule has 0 saturated heterocycles. The average Bonchev–Trinajstić information content (AvgIpc) is 4.26. The van der Waals surface area contributed by atoms with Crippen LogP contribution in [0.4, 0.5) is 34.1 Å². The Morgan fingerprint density at radius 2 is 0.667 bits per heavy atom. The molecule has 15 aromatic rings. The number of hydrogen-bond acceptors (Lipinski definition) is 6. The molecule has 11 aromatic carbocycles. The summed E-state index contributed by atoms with van der Waals surface area (Å²) in [6.45, 7) is 17.9. The Morgan fingerprint density at radius 3 is 1.08 bits per heavy atom. The number of para-hydroxylation sites is 6. The lowest BCUT2D eigenvalue weighted by atomic mass is 9.86. The lowest BCUT2D eigenvalue weighted by molar-refractivity contribution is 0.572. The van der Waals surface area contributed by atoms with Crippen LogP contribution < -0.4 is 9.80 Å². The minimum atomic E-state index is -0.0671.